The summed E-state index contributed by atoms with van der Waals surface area (Å²) in [5.41, 5.74) is 0.0259. The third-order valence-electron chi connectivity index (χ3n) is 2.38. The van der Waals surface area contributed by atoms with Crippen LogP contribution in [0, 0.1) is 5.95 Å². The minimum Gasteiger partial charge on any atom is -0.338 e. The number of rotatable bonds is 4. The number of hydrogen-bond donors (Lipinski definition) is 0. The summed E-state index contributed by atoms with van der Waals surface area (Å²) >= 11 is 1.65. The zero-order chi connectivity index (χ0) is 12.1. The molecule has 0 saturated heterocycles. The largest absolute Gasteiger partial charge is 0.338 e. The van der Waals surface area contributed by atoms with Crippen LogP contribution in [0.5, 0.6) is 0 Å². The average Bonchev–Trinajstić information content (AvgIpc) is 2.28. The van der Waals surface area contributed by atoms with Gasteiger partial charge >= 0.3 is 0 Å². The summed E-state index contributed by atoms with van der Waals surface area (Å²) in [7, 11) is 1.68. The van der Waals surface area contributed by atoms with Gasteiger partial charge in [-0.3, -0.25) is 4.79 Å². The second-order valence-corrected chi connectivity index (χ2v) is 4.47. The summed E-state index contributed by atoms with van der Waals surface area (Å²) in [6.07, 6.45) is 3.30. The van der Waals surface area contributed by atoms with E-state index in [9.17, 15) is 9.18 Å². The molecule has 88 valence electrons. The highest BCUT2D eigenvalue weighted by molar-refractivity contribution is 7.98. The molecular weight excluding hydrogens is 227 g/mol. The summed E-state index contributed by atoms with van der Waals surface area (Å²) in [5, 5.41) is 0. The average molecular weight is 242 g/mol. The lowest BCUT2D eigenvalue weighted by atomic mass is 10.2. The van der Waals surface area contributed by atoms with Gasteiger partial charge in [0.15, 0.2) is 0 Å². The Morgan fingerprint density at radius 2 is 2.38 bits per heavy atom. The highest BCUT2D eigenvalue weighted by atomic mass is 32.2. The van der Waals surface area contributed by atoms with Crippen molar-refractivity contribution in [3.05, 3.63) is 29.8 Å². The van der Waals surface area contributed by atoms with E-state index in [2.05, 4.69) is 4.98 Å². The monoisotopic (exact) mass is 242 g/mol. The molecule has 0 saturated carbocycles. The zero-order valence-corrected chi connectivity index (χ0v) is 10.4. The first kappa shape index (κ1) is 13.0. The Morgan fingerprint density at radius 3 is 2.94 bits per heavy atom. The summed E-state index contributed by atoms with van der Waals surface area (Å²) in [6.45, 7) is 1.93. The number of halogens is 1. The third kappa shape index (κ3) is 2.95. The molecule has 0 spiro atoms. The Bertz CT molecular complexity index is 373. The van der Waals surface area contributed by atoms with Crippen LogP contribution in [-0.2, 0) is 0 Å². The first-order valence-electron chi connectivity index (χ1n) is 4.94. The summed E-state index contributed by atoms with van der Waals surface area (Å²) in [5.74, 6) is -0.215. The van der Waals surface area contributed by atoms with Crippen molar-refractivity contribution in [2.45, 2.75) is 13.0 Å². The maximum Gasteiger partial charge on any atom is 0.258 e. The number of aromatic nitrogens is 1. The molecule has 1 amide bonds. The fourth-order valence-electron chi connectivity index (χ4n) is 1.29. The quantitative estimate of drug-likeness (QED) is 0.758. The van der Waals surface area contributed by atoms with Crippen LogP contribution in [-0.4, -0.2) is 40.9 Å². The molecule has 0 aliphatic rings. The molecule has 0 bridgehead atoms. The summed E-state index contributed by atoms with van der Waals surface area (Å²) in [4.78, 5) is 16.9. The van der Waals surface area contributed by atoms with Crippen molar-refractivity contribution in [1.29, 1.82) is 0 Å². The van der Waals surface area contributed by atoms with Gasteiger partial charge in [0.25, 0.3) is 5.91 Å². The molecule has 5 heteroatoms. The highest BCUT2D eigenvalue weighted by Gasteiger charge is 2.20. The molecule has 1 heterocycles. The van der Waals surface area contributed by atoms with Gasteiger partial charge in [0.2, 0.25) is 5.95 Å². The van der Waals surface area contributed by atoms with Gasteiger partial charge in [0.05, 0.1) is 5.56 Å². The Morgan fingerprint density at radius 1 is 1.69 bits per heavy atom. The minimum absolute atomic E-state index is 0.0259. The van der Waals surface area contributed by atoms with Gasteiger partial charge in [-0.05, 0) is 25.3 Å². The van der Waals surface area contributed by atoms with E-state index in [1.54, 1.807) is 24.9 Å². The number of pyridine rings is 1. The SMILES string of the molecule is CSCC(C)N(C)C(=O)c1cccnc1F. The first-order chi connectivity index (χ1) is 7.57. The summed E-state index contributed by atoms with van der Waals surface area (Å²) in [6, 6.07) is 3.08. The van der Waals surface area contributed by atoms with Gasteiger partial charge < -0.3 is 4.90 Å². The van der Waals surface area contributed by atoms with E-state index in [4.69, 9.17) is 0 Å². The van der Waals surface area contributed by atoms with Crippen LogP contribution in [0.1, 0.15) is 17.3 Å². The smallest absolute Gasteiger partial charge is 0.258 e. The molecule has 1 aromatic heterocycles. The van der Waals surface area contributed by atoms with Crippen LogP contribution in [0.3, 0.4) is 0 Å². The van der Waals surface area contributed by atoms with Gasteiger partial charge in [-0.25, -0.2) is 4.98 Å². The Labute approximate surface area is 99.1 Å². The van der Waals surface area contributed by atoms with Crippen LogP contribution in [0.4, 0.5) is 4.39 Å². The van der Waals surface area contributed by atoms with Gasteiger partial charge in [0.1, 0.15) is 0 Å². The molecular formula is C11H15FN2OS. The molecule has 1 rings (SSSR count). The second-order valence-electron chi connectivity index (χ2n) is 3.56. The molecule has 0 aromatic carbocycles. The number of hydrogen-bond acceptors (Lipinski definition) is 3. The number of carbonyl (C=O) groups excluding carboxylic acids is 1. The van der Waals surface area contributed by atoms with Gasteiger partial charge in [-0.2, -0.15) is 16.2 Å². The molecule has 0 radical (unpaired) electrons. The number of nitrogens with zero attached hydrogens (tertiary/aromatic N) is 2. The second kappa shape index (κ2) is 5.84. The van der Waals surface area contributed by atoms with E-state index in [0.29, 0.717) is 0 Å². The van der Waals surface area contributed by atoms with Crippen molar-refractivity contribution in [2.24, 2.45) is 0 Å². The van der Waals surface area contributed by atoms with Crippen LogP contribution < -0.4 is 0 Å². The zero-order valence-electron chi connectivity index (χ0n) is 9.61. The summed E-state index contributed by atoms with van der Waals surface area (Å²) < 4.78 is 13.3. The maximum atomic E-state index is 13.3. The van der Waals surface area contributed by atoms with E-state index < -0.39 is 5.95 Å². The molecule has 0 fully saturated rings. The van der Waals surface area contributed by atoms with Crippen LogP contribution in [0.2, 0.25) is 0 Å². The van der Waals surface area contributed by atoms with E-state index >= 15 is 0 Å². The predicted octanol–water partition coefficient (Wildman–Crippen LogP) is 2.04. The molecule has 3 nitrogen and oxygen atoms in total. The van der Waals surface area contributed by atoms with Crippen molar-refractivity contribution in [2.75, 3.05) is 19.1 Å². The van der Waals surface area contributed by atoms with Crippen LogP contribution in [0.25, 0.3) is 0 Å². The van der Waals surface area contributed by atoms with Crippen molar-refractivity contribution in [1.82, 2.24) is 9.88 Å². The Hall–Kier alpha value is -1.10. The molecule has 0 aliphatic carbocycles. The Balaban J connectivity index is 2.82. The standard InChI is InChI=1S/C11H15FN2OS/c1-8(7-16-3)14(2)11(15)9-5-4-6-13-10(9)12/h4-6,8H,7H2,1-3H3. The van der Waals surface area contributed by atoms with E-state index in [0.717, 1.165) is 5.75 Å². The van der Waals surface area contributed by atoms with Crippen molar-refractivity contribution < 1.29 is 9.18 Å². The van der Waals surface area contributed by atoms with E-state index in [-0.39, 0.29) is 17.5 Å². The van der Waals surface area contributed by atoms with Crippen molar-refractivity contribution in [3.8, 4) is 0 Å². The minimum atomic E-state index is -0.712. The molecule has 0 N–H and O–H groups in total. The maximum absolute atomic E-state index is 13.3. The topological polar surface area (TPSA) is 33.2 Å². The Kier molecular flexibility index (Phi) is 4.73. The normalized spacial score (nSPS) is 12.2. The lowest BCUT2D eigenvalue weighted by Gasteiger charge is -2.24. The number of amides is 1. The number of thioether (sulfide) groups is 1. The third-order valence-corrected chi connectivity index (χ3v) is 3.19. The van der Waals surface area contributed by atoms with E-state index in [1.165, 1.54) is 17.2 Å². The first-order valence-corrected chi connectivity index (χ1v) is 6.34. The van der Waals surface area contributed by atoms with Gasteiger partial charge in [-0.15, -0.1) is 0 Å². The van der Waals surface area contributed by atoms with Crippen molar-refractivity contribution in [3.63, 3.8) is 0 Å². The van der Waals surface area contributed by atoms with Gasteiger partial charge in [0, 0.05) is 25.0 Å². The fourth-order valence-corrected chi connectivity index (χ4v) is 1.99. The molecule has 16 heavy (non-hydrogen) atoms. The molecule has 1 atom stereocenters. The fraction of sp³-hybridized carbons (Fsp3) is 0.455. The van der Waals surface area contributed by atoms with Crippen molar-refractivity contribution >= 4 is 17.7 Å². The molecule has 1 aromatic rings. The van der Waals surface area contributed by atoms with E-state index in [1.807, 2.05) is 13.2 Å². The van der Waals surface area contributed by atoms with Crippen LogP contribution in [0.15, 0.2) is 18.3 Å². The highest BCUT2D eigenvalue weighted by Crippen LogP contribution is 2.11. The molecule has 1 unspecified atom stereocenters. The molecule has 0 aliphatic heterocycles. The van der Waals surface area contributed by atoms with Crippen LogP contribution >= 0.6 is 11.8 Å². The number of carbonyl (C=O) groups is 1. The van der Waals surface area contributed by atoms with Gasteiger partial charge in [-0.1, -0.05) is 0 Å². The lowest BCUT2D eigenvalue weighted by Crippen LogP contribution is -2.37. The predicted molar refractivity (Wildman–Crippen MR) is 64.1 cm³/mol. The lowest BCUT2D eigenvalue weighted by molar-refractivity contribution is 0.0752.